The number of ketones is 1. The fourth-order valence-corrected chi connectivity index (χ4v) is 3.21. The molecule has 10 heteroatoms. The number of ether oxygens (including phenoxy) is 3. The maximum Gasteiger partial charge on any atom is 0.414 e. The molecule has 2 unspecified atom stereocenters. The van der Waals surface area contributed by atoms with Crippen molar-refractivity contribution in [1.82, 2.24) is 15.5 Å². The molecule has 1 saturated heterocycles. The molecule has 1 fully saturated rings. The third-order valence-corrected chi connectivity index (χ3v) is 4.57. The minimum atomic E-state index is -0.764. The Labute approximate surface area is 190 Å². The number of alkyl carbamates (subject to hydrolysis) is 2. The lowest BCUT2D eigenvalue weighted by molar-refractivity contribution is -0.117. The van der Waals surface area contributed by atoms with Gasteiger partial charge < -0.3 is 29.2 Å². The highest BCUT2D eigenvalue weighted by Crippen LogP contribution is 2.20. The number of rotatable bonds is 10. The van der Waals surface area contributed by atoms with Gasteiger partial charge >= 0.3 is 12.2 Å². The third kappa shape index (κ3) is 11.1. The van der Waals surface area contributed by atoms with Crippen molar-refractivity contribution in [1.29, 1.82) is 5.41 Å². The molecule has 1 aliphatic rings. The Hall–Kier alpha value is -2.62. The van der Waals surface area contributed by atoms with Crippen LogP contribution in [0.25, 0.3) is 0 Å². The van der Waals surface area contributed by atoms with Gasteiger partial charge in [-0.15, -0.1) is 0 Å². The van der Waals surface area contributed by atoms with Gasteiger partial charge in [0.2, 0.25) is 5.96 Å². The van der Waals surface area contributed by atoms with E-state index in [1.54, 1.807) is 32.6 Å². The summed E-state index contributed by atoms with van der Waals surface area (Å²) in [6, 6.07) is -0.429. The number of unbranched alkanes of at least 4 members (excludes halogenated alkanes) is 2. The van der Waals surface area contributed by atoms with Gasteiger partial charge in [0, 0.05) is 19.6 Å². The molecule has 0 aliphatic carbocycles. The standard InChI is InChI=1S/C22H38N4O6/c1-6-14-31-20(28)25-19(23)26-13-10-12-17(24-21(29)32-22(3,4)5)18(26)30-15-9-7-8-11-16(2)27/h6,17-18H,1,7-15H2,2-5H3,(H,24,29)(H2,23,25,28). The molecule has 2 atom stereocenters. The number of hydrogen-bond donors (Lipinski definition) is 3. The number of guanidine groups is 1. The molecule has 1 rings (SSSR count). The van der Waals surface area contributed by atoms with Gasteiger partial charge in [0.15, 0.2) is 6.23 Å². The maximum atomic E-state index is 12.3. The Balaban J connectivity index is 2.78. The fourth-order valence-electron chi connectivity index (χ4n) is 3.21. The van der Waals surface area contributed by atoms with Crippen molar-refractivity contribution in [3.05, 3.63) is 12.7 Å². The average Bonchev–Trinajstić information content (AvgIpc) is 2.67. The van der Waals surface area contributed by atoms with Gasteiger partial charge in [-0.3, -0.25) is 10.7 Å². The molecule has 0 saturated carbocycles. The normalized spacial score (nSPS) is 18.4. The molecular weight excluding hydrogens is 416 g/mol. The van der Waals surface area contributed by atoms with Crippen molar-refractivity contribution in [2.45, 2.75) is 84.1 Å². The molecule has 182 valence electrons. The second-order valence-electron chi connectivity index (χ2n) is 8.72. The molecule has 32 heavy (non-hydrogen) atoms. The molecule has 0 aromatic heterocycles. The first-order chi connectivity index (χ1) is 15.0. The molecule has 1 aliphatic heterocycles. The summed E-state index contributed by atoms with van der Waals surface area (Å²) in [5.41, 5.74) is -0.644. The number of hydrogen-bond acceptors (Lipinski definition) is 7. The van der Waals surface area contributed by atoms with Crippen molar-refractivity contribution in [3.8, 4) is 0 Å². The third-order valence-electron chi connectivity index (χ3n) is 4.57. The highest BCUT2D eigenvalue weighted by molar-refractivity contribution is 5.92. The van der Waals surface area contributed by atoms with Crippen LogP contribution in [-0.4, -0.2) is 66.5 Å². The Bertz CT molecular complexity index is 661. The fraction of sp³-hybridized carbons (Fsp3) is 0.727. The van der Waals surface area contributed by atoms with E-state index in [1.165, 1.54) is 6.08 Å². The van der Waals surface area contributed by atoms with Crippen molar-refractivity contribution < 1.29 is 28.6 Å². The van der Waals surface area contributed by atoms with Crippen LogP contribution in [0.4, 0.5) is 9.59 Å². The molecular formula is C22H38N4O6. The number of likely N-dealkylation sites (tertiary alicyclic amines) is 1. The molecule has 0 radical (unpaired) electrons. The van der Waals surface area contributed by atoms with Crippen LogP contribution in [0.5, 0.6) is 0 Å². The predicted octanol–water partition coefficient (Wildman–Crippen LogP) is 3.31. The first kappa shape index (κ1) is 27.4. The van der Waals surface area contributed by atoms with Crippen LogP contribution >= 0.6 is 0 Å². The first-order valence-corrected chi connectivity index (χ1v) is 11.0. The quantitative estimate of drug-likeness (QED) is 0.200. The average molecular weight is 455 g/mol. The molecule has 0 spiro atoms. The van der Waals surface area contributed by atoms with Crippen molar-refractivity contribution in [2.75, 3.05) is 19.8 Å². The van der Waals surface area contributed by atoms with E-state index in [9.17, 15) is 14.4 Å². The summed E-state index contributed by atoms with van der Waals surface area (Å²) in [5, 5.41) is 13.5. The Morgan fingerprint density at radius 3 is 2.53 bits per heavy atom. The van der Waals surface area contributed by atoms with E-state index in [2.05, 4.69) is 17.2 Å². The van der Waals surface area contributed by atoms with E-state index in [4.69, 9.17) is 19.6 Å². The largest absolute Gasteiger partial charge is 0.445 e. The van der Waals surface area contributed by atoms with Crippen LogP contribution in [0.2, 0.25) is 0 Å². The summed E-state index contributed by atoms with van der Waals surface area (Å²) < 4.78 is 16.3. The van der Waals surface area contributed by atoms with E-state index >= 15 is 0 Å². The van der Waals surface area contributed by atoms with E-state index in [-0.39, 0.29) is 18.3 Å². The first-order valence-electron chi connectivity index (χ1n) is 11.0. The van der Waals surface area contributed by atoms with Gasteiger partial charge in [0.25, 0.3) is 0 Å². The highest BCUT2D eigenvalue weighted by Gasteiger charge is 2.36. The van der Waals surface area contributed by atoms with Crippen molar-refractivity contribution in [2.24, 2.45) is 0 Å². The number of nitrogens with one attached hydrogen (secondary N) is 3. The second-order valence-corrected chi connectivity index (χ2v) is 8.72. The molecule has 0 aromatic carbocycles. The van der Waals surface area contributed by atoms with Crippen LogP contribution in [0.15, 0.2) is 12.7 Å². The van der Waals surface area contributed by atoms with Crippen LogP contribution in [0, 0.1) is 5.41 Å². The monoisotopic (exact) mass is 454 g/mol. The van der Waals surface area contributed by atoms with Crippen molar-refractivity contribution in [3.63, 3.8) is 0 Å². The number of carbonyl (C=O) groups excluding carboxylic acids is 3. The summed E-state index contributed by atoms with van der Waals surface area (Å²) in [7, 11) is 0. The number of amides is 2. The number of piperidine rings is 1. The van der Waals surface area contributed by atoms with Gasteiger partial charge in [-0.1, -0.05) is 19.1 Å². The highest BCUT2D eigenvalue weighted by atomic mass is 16.6. The maximum absolute atomic E-state index is 12.3. The lowest BCUT2D eigenvalue weighted by Gasteiger charge is -2.42. The summed E-state index contributed by atoms with van der Waals surface area (Å²) >= 11 is 0. The Morgan fingerprint density at radius 2 is 1.91 bits per heavy atom. The summed E-state index contributed by atoms with van der Waals surface area (Å²) in [5.74, 6) is -0.00908. The predicted molar refractivity (Wildman–Crippen MR) is 120 cm³/mol. The van der Waals surface area contributed by atoms with Crippen LogP contribution in [0.1, 0.15) is 66.2 Å². The number of carbonyl (C=O) groups is 3. The smallest absolute Gasteiger partial charge is 0.414 e. The Kier molecular flexibility index (Phi) is 11.8. The zero-order chi connectivity index (χ0) is 24.1. The molecule has 10 nitrogen and oxygen atoms in total. The topological polar surface area (TPSA) is 130 Å². The lowest BCUT2D eigenvalue weighted by atomic mass is 10.0. The molecule has 2 amide bonds. The number of Topliss-reactive ketones (excluding diaryl/α,β-unsaturated/α-hetero) is 1. The van der Waals surface area contributed by atoms with Crippen LogP contribution in [0.3, 0.4) is 0 Å². The lowest BCUT2D eigenvalue weighted by Crippen LogP contribution is -2.61. The molecule has 0 bridgehead atoms. The minimum Gasteiger partial charge on any atom is -0.445 e. The summed E-state index contributed by atoms with van der Waals surface area (Å²) in [6.45, 7) is 11.3. The van der Waals surface area contributed by atoms with Gasteiger partial charge in [-0.2, -0.15) is 0 Å². The van der Waals surface area contributed by atoms with Gasteiger partial charge in [-0.05, 0) is 53.4 Å². The van der Waals surface area contributed by atoms with E-state index in [0.717, 1.165) is 19.3 Å². The minimum absolute atomic E-state index is 0.0299. The van der Waals surface area contributed by atoms with Gasteiger partial charge in [0.05, 0.1) is 6.04 Å². The molecule has 3 N–H and O–H groups in total. The molecule has 0 aromatic rings. The van der Waals surface area contributed by atoms with E-state index < -0.39 is 30.1 Å². The SMILES string of the molecule is C=CCOC(=O)NC(=N)N1CCCC(NC(=O)OC(C)(C)C)C1OCCCCCC(C)=O. The summed E-state index contributed by atoms with van der Waals surface area (Å²) in [4.78, 5) is 36.9. The molecule has 1 heterocycles. The van der Waals surface area contributed by atoms with Gasteiger partial charge in [0.1, 0.15) is 18.0 Å². The van der Waals surface area contributed by atoms with Gasteiger partial charge in [-0.25, -0.2) is 9.59 Å². The zero-order valence-electron chi connectivity index (χ0n) is 19.7. The second kappa shape index (κ2) is 13.7. The zero-order valence-corrected chi connectivity index (χ0v) is 19.7. The number of nitrogens with zero attached hydrogens (tertiary/aromatic N) is 1. The van der Waals surface area contributed by atoms with E-state index in [1.807, 2.05) is 0 Å². The summed E-state index contributed by atoms with van der Waals surface area (Å²) in [6.07, 6.45) is 3.67. The van der Waals surface area contributed by atoms with Crippen molar-refractivity contribution >= 4 is 23.9 Å². The van der Waals surface area contributed by atoms with E-state index in [0.29, 0.717) is 32.4 Å². The Morgan fingerprint density at radius 1 is 1.19 bits per heavy atom. The van der Waals surface area contributed by atoms with Crippen LogP contribution < -0.4 is 10.6 Å². The van der Waals surface area contributed by atoms with Crippen LogP contribution in [-0.2, 0) is 19.0 Å².